The number of rotatable bonds is 5. The van der Waals surface area contributed by atoms with Gasteiger partial charge in [0, 0.05) is 4.47 Å². The zero-order valence-electron chi connectivity index (χ0n) is 10.7. The summed E-state index contributed by atoms with van der Waals surface area (Å²) in [6.45, 7) is 3.61. The van der Waals surface area contributed by atoms with E-state index in [1.807, 2.05) is 0 Å². The van der Waals surface area contributed by atoms with Crippen molar-refractivity contribution < 1.29 is 8.42 Å². The molecule has 0 spiro atoms. The summed E-state index contributed by atoms with van der Waals surface area (Å²) in [6.07, 6.45) is 0. The summed E-state index contributed by atoms with van der Waals surface area (Å²) in [5.41, 5.74) is 5.55. The van der Waals surface area contributed by atoms with E-state index >= 15 is 0 Å². The summed E-state index contributed by atoms with van der Waals surface area (Å²) in [7, 11) is -3.93. The van der Waals surface area contributed by atoms with E-state index in [2.05, 4.69) is 20.7 Å². The lowest BCUT2D eigenvalue weighted by molar-refractivity contribution is 0.526. The molecule has 0 saturated carbocycles. The Labute approximate surface area is 142 Å². The number of nitrogens with two attached hydrogens (primary N) is 1. The van der Waals surface area contributed by atoms with Crippen LogP contribution in [0.3, 0.4) is 0 Å². The van der Waals surface area contributed by atoms with Gasteiger partial charge in [-0.3, -0.25) is 0 Å². The molecule has 9 heteroatoms. The van der Waals surface area contributed by atoms with Crippen molar-refractivity contribution in [2.24, 2.45) is 11.7 Å². The normalized spacial score (nSPS) is 13.5. The van der Waals surface area contributed by atoms with E-state index in [9.17, 15) is 8.42 Å². The van der Waals surface area contributed by atoms with Crippen LogP contribution in [0.25, 0.3) is 0 Å². The number of sulfonamides is 1. The maximum atomic E-state index is 12.4. The van der Waals surface area contributed by atoms with Gasteiger partial charge in [0.2, 0.25) is 10.0 Å². The highest BCUT2D eigenvalue weighted by atomic mass is 79.9. The first-order chi connectivity index (χ1) is 9.06. The molecule has 3 N–H and O–H groups in total. The fourth-order valence-electron chi connectivity index (χ4n) is 1.53. The Hall–Kier alpha value is 0.0800. The first-order valence-corrected chi connectivity index (χ1v) is 8.96. The van der Waals surface area contributed by atoms with Crippen molar-refractivity contribution in [3.8, 4) is 0 Å². The Morgan fingerprint density at radius 2 is 1.80 bits per heavy atom. The van der Waals surface area contributed by atoms with Gasteiger partial charge in [0.05, 0.1) is 21.1 Å². The van der Waals surface area contributed by atoms with Gasteiger partial charge in [-0.2, -0.15) is 0 Å². The predicted molar refractivity (Wildman–Crippen MR) is 89.9 cm³/mol. The van der Waals surface area contributed by atoms with Crippen molar-refractivity contribution in [3.63, 3.8) is 0 Å². The number of thiocarbonyl (C=S) groups is 1. The largest absolute Gasteiger partial charge is 0.392 e. The Kier molecular flexibility index (Phi) is 6.25. The van der Waals surface area contributed by atoms with Crippen molar-refractivity contribution in [2.75, 3.05) is 0 Å². The average Bonchev–Trinajstić information content (AvgIpc) is 2.23. The zero-order valence-corrected chi connectivity index (χ0v) is 15.4. The van der Waals surface area contributed by atoms with Crippen molar-refractivity contribution >= 4 is 66.4 Å². The van der Waals surface area contributed by atoms with Crippen LogP contribution in [0, 0.1) is 5.92 Å². The van der Waals surface area contributed by atoms with Crippen LogP contribution in [0.1, 0.15) is 13.8 Å². The van der Waals surface area contributed by atoms with Gasteiger partial charge < -0.3 is 5.73 Å². The van der Waals surface area contributed by atoms with Crippen LogP contribution in [-0.2, 0) is 10.0 Å². The maximum Gasteiger partial charge on any atom is 0.244 e. The molecule has 0 aliphatic carbocycles. The number of hydrogen-bond donors (Lipinski definition) is 2. The molecule has 112 valence electrons. The molecular formula is C11H13BrCl2N2O2S2. The molecule has 0 amide bonds. The molecule has 0 bridgehead atoms. The minimum atomic E-state index is -3.93. The zero-order chi connectivity index (χ0) is 15.7. The lowest BCUT2D eigenvalue weighted by Crippen LogP contribution is -2.46. The minimum Gasteiger partial charge on any atom is -0.392 e. The van der Waals surface area contributed by atoms with Crippen LogP contribution >= 0.6 is 51.3 Å². The Balaban J connectivity index is 3.28. The van der Waals surface area contributed by atoms with Crippen molar-refractivity contribution in [1.82, 2.24) is 4.72 Å². The third kappa shape index (κ3) is 4.29. The quantitative estimate of drug-likeness (QED) is 0.717. The molecule has 1 rings (SSSR count). The topological polar surface area (TPSA) is 72.2 Å². The molecule has 1 unspecified atom stereocenters. The van der Waals surface area contributed by atoms with Gasteiger partial charge in [0.1, 0.15) is 4.90 Å². The second-order valence-corrected chi connectivity index (χ2v) is 8.30. The molecule has 20 heavy (non-hydrogen) atoms. The molecule has 1 atom stereocenters. The summed E-state index contributed by atoms with van der Waals surface area (Å²) in [6, 6.07) is 2.23. The predicted octanol–water partition coefficient (Wildman–Crippen LogP) is 3.34. The molecule has 0 fully saturated rings. The summed E-state index contributed by atoms with van der Waals surface area (Å²) >= 11 is 20.0. The first-order valence-electron chi connectivity index (χ1n) is 5.52. The van der Waals surface area contributed by atoms with E-state index in [-0.39, 0.29) is 25.8 Å². The average molecular weight is 420 g/mol. The maximum absolute atomic E-state index is 12.4. The van der Waals surface area contributed by atoms with Crippen molar-refractivity contribution in [3.05, 3.63) is 26.7 Å². The van der Waals surface area contributed by atoms with Crippen LogP contribution < -0.4 is 10.5 Å². The third-order valence-electron chi connectivity index (χ3n) is 2.49. The van der Waals surface area contributed by atoms with Gasteiger partial charge in [-0.05, 0) is 18.1 Å². The molecule has 0 saturated heterocycles. The Morgan fingerprint density at radius 1 is 1.35 bits per heavy atom. The van der Waals surface area contributed by atoms with Gasteiger partial charge in [-0.1, -0.05) is 65.2 Å². The summed E-state index contributed by atoms with van der Waals surface area (Å²) in [4.78, 5) is -0.126. The van der Waals surface area contributed by atoms with Gasteiger partial charge >= 0.3 is 0 Å². The van der Waals surface area contributed by atoms with Gasteiger partial charge in [0.25, 0.3) is 0 Å². The number of benzene rings is 1. The Bertz CT molecular complexity index is 612. The van der Waals surface area contributed by atoms with E-state index < -0.39 is 16.1 Å². The molecule has 0 aliphatic heterocycles. The molecule has 0 aliphatic rings. The number of nitrogens with one attached hydrogen (secondary N) is 1. The lowest BCUT2D eigenvalue weighted by atomic mass is 10.1. The Morgan fingerprint density at radius 3 is 2.15 bits per heavy atom. The molecule has 1 aromatic rings. The van der Waals surface area contributed by atoms with Crippen molar-refractivity contribution in [1.29, 1.82) is 0 Å². The molecular weight excluding hydrogens is 407 g/mol. The molecule has 0 aromatic heterocycles. The third-order valence-corrected chi connectivity index (χ3v) is 5.56. The van der Waals surface area contributed by atoms with E-state index in [0.29, 0.717) is 4.47 Å². The summed E-state index contributed by atoms with van der Waals surface area (Å²) < 4.78 is 27.8. The smallest absolute Gasteiger partial charge is 0.244 e. The van der Waals surface area contributed by atoms with Crippen LogP contribution in [-0.4, -0.2) is 19.4 Å². The van der Waals surface area contributed by atoms with Crippen LogP contribution in [0.2, 0.25) is 10.0 Å². The number of halogens is 3. The fourth-order valence-corrected chi connectivity index (χ4v) is 5.24. The highest BCUT2D eigenvalue weighted by Crippen LogP contribution is 2.33. The summed E-state index contributed by atoms with van der Waals surface area (Å²) in [5, 5.41) is 0.0321. The van der Waals surface area contributed by atoms with Gasteiger partial charge in [-0.15, -0.1) is 0 Å². The monoisotopic (exact) mass is 418 g/mol. The van der Waals surface area contributed by atoms with E-state index in [4.69, 9.17) is 41.2 Å². The molecule has 4 nitrogen and oxygen atoms in total. The molecule has 0 radical (unpaired) electrons. The lowest BCUT2D eigenvalue weighted by Gasteiger charge is -2.21. The SMILES string of the molecule is CC(C)C(NS(=O)(=O)c1c(Cl)cc(Br)cc1Cl)C(N)=S. The number of hydrogen-bond acceptors (Lipinski definition) is 3. The second-order valence-electron chi connectivity index (χ2n) is 4.44. The van der Waals surface area contributed by atoms with Crippen molar-refractivity contribution in [2.45, 2.75) is 24.8 Å². The van der Waals surface area contributed by atoms with Gasteiger partial charge in [0.15, 0.2) is 0 Å². The summed E-state index contributed by atoms with van der Waals surface area (Å²) in [5.74, 6) is -0.102. The standard InChI is InChI=1S/C11H13BrCl2N2O2S2/c1-5(2)9(11(15)19)16-20(17,18)10-7(13)3-6(12)4-8(10)14/h3-5,9,16H,1-2H3,(H2,15,19). The second kappa shape index (κ2) is 6.89. The van der Waals surface area contributed by atoms with Crippen LogP contribution in [0.5, 0.6) is 0 Å². The van der Waals surface area contributed by atoms with Gasteiger partial charge in [-0.25, -0.2) is 13.1 Å². The van der Waals surface area contributed by atoms with Crippen LogP contribution in [0.4, 0.5) is 0 Å². The highest BCUT2D eigenvalue weighted by molar-refractivity contribution is 9.10. The van der Waals surface area contributed by atoms with Crippen LogP contribution in [0.15, 0.2) is 21.5 Å². The first kappa shape index (κ1) is 18.1. The van der Waals surface area contributed by atoms with E-state index in [1.165, 1.54) is 12.1 Å². The van der Waals surface area contributed by atoms with E-state index in [1.54, 1.807) is 13.8 Å². The molecule has 0 heterocycles. The van der Waals surface area contributed by atoms with E-state index in [0.717, 1.165) is 0 Å². The minimum absolute atomic E-state index is 0.0160. The fraction of sp³-hybridized carbons (Fsp3) is 0.364. The molecule has 1 aromatic carbocycles. The highest BCUT2D eigenvalue weighted by Gasteiger charge is 2.28.